The lowest BCUT2D eigenvalue weighted by molar-refractivity contribution is 0.461. The Bertz CT molecular complexity index is 480. The first-order valence-corrected chi connectivity index (χ1v) is 6.55. The van der Waals surface area contributed by atoms with E-state index >= 15 is 0 Å². The molecule has 1 heterocycles. The van der Waals surface area contributed by atoms with Crippen LogP contribution in [-0.2, 0) is 6.54 Å². The standard InChI is InChI=1S/C13H13BrClNO/c1-9(10-2-4-11(14)5-3-10)16-8-12-6-7-13(15)17-12/h2-7,9,16H,8H2,1H3/t9-/m0/s1. The number of hydrogen-bond acceptors (Lipinski definition) is 2. The molecule has 4 heteroatoms. The Hall–Kier alpha value is -0.770. The third-order valence-electron chi connectivity index (χ3n) is 2.58. The van der Waals surface area contributed by atoms with Gasteiger partial charge in [0.25, 0.3) is 0 Å². The highest BCUT2D eigenvalue weighted by atomic mass is 79.9. The van der Waals surface area contributed by atoms with Crippen LogP contribution in [0.3, 0.4) is 0 Å². The third-order valence-corrected chi connectivity index (χ3v) is 3.31. The Morgan fingerprint density at radius 2 is 1.94 bits per heavy atom. The SMILES string of the molecule is C[C@H](NCc1ccc(Cl)o1)c1ccc(Br)cc1. The maximum absolute atomic E-state index is 5.71. The van der Waals surface area contributed by atoms with Gasteiger partial charge in [0.15, 0.2) is 5.22 Å². The van der Waals surface area contributed by atoms with Crippen molar-refractivity contribution in [1.29, 1.82) is 0 Å². The monoisotopic (exact) mass is 313 g/mol. The van der Waals surface area contributed by atoms with Crippen molar-refractivity contribution in [2.75, 3.05) is 0 Å². The molecule has 0 aliphatic rings. The summed E-state index contributed by atoms with van der Waals surface area (Å²) in [6.07, 6.45) is 0. The smallest absolute Gasteiger partial charge is 0.193 e. The second-order valence-corrected chi connectivity index (χ2v) is 5.15. The summed E-state index contributed by atoms with van der Waals surface area (Å²) in [5, 5.41) is 3.81. The van der Waals surface area contributed by atoms with Crippen LogP contribution in [0.5, 0.6) is 0 Å². The maximum atomic E-state index is 5.71. The molecule has 1 N–H and O–H groups in total. The summed E-state index contributed by atoms with van der Waals surface area (Å²) in [6.45, 7) is 2.79. The van der Waals surface area contributed by atoms with Gasteiger partial charge in [-0.3, -0.25) is 0 Å². The Morgan fingerprint density at radius 1 is 1.24 bits per heavy atom. The normalized spacial score (nSPS) is 12.6. The molecule has 0 saturated carbocycles. The molecule has 2 aromatic rings. The van der Waals surface area contributed by atoms with Crippen LogP contribution in [0.1, 0.15) is 24.3 Å². The van der Waals surface area contributed by atoms with Crippen molar-refractivity contribution in [1.82, 2.24) is 5.32 Å². The first-order chi connectivity index (χ1) is 8.15. The molecule has 2 rings (SSSR count). The van der Waals surface area contributed by atoms with Crippen LogP contribution in [0, 0.1) is 0 Å². The molecular weight excluding hydrogens is 302 g/mol. The summed E-state index contributed by atoms with van der Waals surface area (Å²) in [6, 6.07) is 12.2. The Labute approximate surface area is 114 Å². The number of hydrogen-bond donors (Lipinski definition) is 1. The van der Waals surface area contributed by atoms with E-state index in [0.29, 0.717) is 11.8 Å². The summed E-state index contributed by atoms with van der Waals surface area (Å²) in [5.41, 5.74) is 1.24. The minimum atomic E-state index is 0.270. The van der Waals surface area contributed by atoms with Crippen molar-refractivity contribution in [3.63, 3.8) is 0 Å². The van der Waals surface area contributed by atoms with E-state index in [2.05, 4.69) is 40.3 Å². The van der Waals surface area contributed by atoms with Gasteiger partial charge in [-0.15, -0.1) is 0 Å². The van der Waals surface area contributed by atoms with E-state index in [1.54, 1.807) is 6.07 Å². The van der Waals surface area contributed by atoms with E-state index in [-0.39, 0.29) is 6.04 Å². The highest BCUT2D eigenvalue weighted by Crippen LogP contribution is 2.18. The van der Waals surface area contributed by atoms with Gasteiger partial charge in [-0.2, -0.15) is 0 Å². The summed E-state index contributed by atoms with van der Waals surface area (Å²) in [5.74, 6) is 0.846. The summed E-state index contributed by atoms with van der Waals surface area (Å²) in [7, 11) is 0. The van der Waals surface area contributed by atoms with Crippen LogP contribution in [0.15, 0.2) is 45.3 Å². The Morgan fingerprint density at radius 3 is 2.53 bits per heavy atom. The van der Waals surface area contributed by atoms with Crippen molar-refractivity contribution in [2.24, 2.45) is 0 Å². The minimum Gasteiger partial charge on any atom is -0.448 e. The zero-order chi connectivity index (χ0) is 12.3. The van der Waals surface area contributed by atoms with Crippen LogP contribution >= 0.6 is 27.5 Å². The van der Waals surface area contributed by atoms with E-state index in [1.165, 1.54) is 5.56 Å². The molecule has 0 aliphatic heterocycles. The van der Waals surface area contributed by atoms with Gasteiger partial charge in [0.2, 0.25) is 0 Å². The Balaban J connectivity index is 1.93. The average molecular weight is 315 g/mol. The number of halogens is 2. The van der Waals surface area contributed by atoms with Crippen molar-refractivity contribution in [2.45, 2.75) is 19.5 Å². The van der Waals surface area contributed by atoms with Crippen LogP contribution in [0.4, 0.5) is 0 Å². The molecule has 0 unspecified atom stereocenters. The van der Waals surface area contributed by atoms with E-state index in [4.69, 9.17) is 16.0 Å². The van der Waals surface area contributed by atoms with Crippen LogP contribution in [0.25, 0.3) is 0 Å². The highest BCUT2D eigenvalue weighted by Gasteiger charge is 2.06. The molecule has 0 spiro atoms. The second-order valence-electron chi connectivity index (χ2n) is 3.86. The molecule has 17 heavy (non-hydrogen) atoms. The fourth-order valence-corrected chi connectivity index (χ4v) is 2.00. The average Bonchev–Trinajstić information content (AvgIpc) is 2.73. The van der Waals surface area contributed by atoms with Gasteiger partial charge in [-0.25, -0.2) is 0 Å². The van der Waals surface area contributed by atoms with Crippen LogP contribution in [-0.4, -0.2) is 0 Å². The van der Waals surface area contributed by atoms with Crippen molar-refractivity contribution in [3.05, 3.63) is 57.4 Å². The predicted octanol–water partition coefficient (Wildman–Crippen LogP) is 4.55. The molecule has 2 nitrogen and oxygen atoms in total. The lowest BCUT2D eigenvalue weighted by Crippen LogP contribution is -2.17. The molecule has 1 atom stereocenters. The summed E-state index contributed by atoms with van der Waals surface area (Å²) >= 11 is 9.13. The molecular formula is C13H13BrClNO. The fourth-order valence-electron chi connectivity index (χ4n) is 1.57. The van der Waals surface area contributed by atoms with Crippen molar-refractivity contribution in [3.8, 4) is 0 Å². The second kappa shape index (κ2) is 5.71. The third kappa shape index (κ3) is 3.60. The number of rotatable bonds is 4. The fraction of sp³-hybridized carbons (Fsp3) is 0.231. The van der Waals surface area contributed by atoms with Crippen molar-refractivity contribution >= 4 is 27.5 Å². The molecule has 0 fully saturated rings. The lowest BCUT2D eigenvalue weighted by atomic mass is 10.1. The van der Waals surface area contributed by atoms with Gasteiger partial charge in [-0.1, -0.05) is 28.1 Å². The van der Waals surface area contributed by atoms with Gasteiger partial charge in [0, 0.05) is 10.5 Å². The predicted molar refractivity (Wildman–Crippen MR) is 73.1 cm³/mol. The molecule has 0 aliphatic carbocycles. The van der Waals surface area contributed by atoms with E-state index in [1.807, 2.05) is 18.2 Å². The molecule has 0 bridgehead atoms. The molecule has 0 amide bonds. The van der Waals surface area contributed by atoms with Gasteiger partial charge < -0.3 is 9.73 Å². The first kappa shape index (κ1) is 12.7. The largest absolute Gasteiger partial charge is 0.448 e. The molecule has 0 radical (unpaired) electrons. The van der Waals surface area contributed by atoms with Crippen LogP contribution < -0.4 is 5.32 Å². The van der Waals surface area contributed by atoms with Gasteiger partial charge in [0.1, 0.15) is 5.76 Å². The van der Waals surface area contributed by atoms with E-state index in [9.17, 15) is 0 Å². The quantitative estimate of drug-likeness (QED) is 0.896. The molecule has 1 aromatic carbocycles. The summed E-state index contributed by atoms with van der Waals surface area (Å²) < 4.78 is 6.37. The van der Waals surface area contributed by atoms with Gasteiger partial charge in [0.05, 0.1) is 6.54 Å². The van der Waals surface area contributed by atoms with E-state index in [0.717, 1.165) is 10.2 Å². The van der Waals surface area contributed by atoms with Gasteiger partial charge in [-0.05, 0) is 48.4 Å². The highest BCUT2D eigenvalue weighted by molar-refractivity contribution is 9.10. The molecule has 90 valence electrons. The minimum absolute atomic E-state index is 0.270. The lowest BCUT2D eigenvalue weighted by Gasteiger charge is -2.13. The van der Waals surface area contributed by atoms with Gasteiger partial charge >= 0.3 is 0 Å². The Kier molecular flexibility index (Phi) is 4.26. The number of benzene rings is 1. The first-order valence-electron chi connectivity index (χ1n) is 5.38. The number of nitrogens with one attached hydrogen (secondary N) is 1. The molecule has 1 aromatic heterocycles. The number of furan rings is 1. The van der Waals surface area contributed by atoms with Crippen LogP contribution in [0.2, 0.25) is 5.22 Å². The zero-order valence-electron chi connectivity index (χ0n) is 9.41. The topological polar surface area (TPSA) is 25.2 Å². The summed E-state index contributed by atoms with van der Waals surface area (Å²) in [4.78, 5) is 0. The zero-order valence-corrected chi connectivity index (χ0v) is 11.8. The van der Waals surface area contributed by atoms with Crippen molar-refractivity contribution < 1.29 is 4.42 Å². The molecule has 0 saturated heterocycles. The van der Waals surface area contributed by atoms with E-state index < -0.39 is 0 Å². The maximum Gasteiger partial charge on any atom is 0.193 e.